The standard InChI is InChI=1S/C21H20Cl2N6O.C19H13Cl3N4O/c1-13-9-17(29-8-7-25-12-29)14-3-2-4-18(20(14)28-13)30-11-15-16(22)10-27-21(19(15)23)26-6-5-24;1-11-7-15(26-6-5-23-10-26)12-3-2-4-16(18(12)25-11)27-9-13-14(20)8-24-19(22)17(13)21/h2-4,7-10,12H,5-6,11,24H2,1H3,(H,26,27);2-8,10H,9H2,1H3. The van der Waals surface area contributed by atoms with Crippen LogP contribution in [-0.4, -0.2) is 52.1 Å². The number of pyridine rings is 4. The van der Waals surface area contributed by atoms with Crippen molar-refractivity contribution in [1.82, 2.24) is 39.0 Å². The molecule has 0 amide bonds. The van der Waals surface area contributed by atoms with Crippen LogP contribution in [0, 0.1) is 13.8 Å². The van der Waals surface area contributed by atoms with Gasteiger partial charge in [0.05, 0.1) is 44.1 Å². The third kappa shape index (κ3) is 8.86. The molecule has 2 aromatic carbocycles. The molecule has 8 rings (SSSR count). The van der Waals surface area contributed by atoms with Gasteiger partial charge in [0.15, 0.2) is 0 Å². The summed E-state index contributed by atoms with van der Waals surface area (Å²) in [6, 6.07) is 15.6. The van der Waals surface area contributed by atoms with Crippen molar-refractivity contribution in [3.05, 3.63) is 146 Å². The van der Waals surface area contributed by atoms with E-state index < -0.39 is 0 Å². The summed E-state index contributed by atoms with van der Waals surface area (Å²) in [6.45, 7) is 5.22. The highest BCUT2D eigenvalue weighted by molar-refractivity contribution is 6.43. The lowest BCUT2D eigenvalue weighted by Crippen LogP contribution is -2.14. The summed E-state index contributed by atoms with van der Waals surface area (Å²) in [5.41, 5.74) is 12.0. The van der Waals surface area contributed by atoms with E-state index in [4.69, 9.17) is 78.2 Å². The van der Waals surface area contributed by atoms with Crippen LogP contribution < -0.4 is 20.5 Å². The molecule has 12 nitrogen and oxygen atoms in total. The molecule has 3 N–H and O–H groups in total. The topological polar surface area (TPSA) is 144 Å². The largest absolute Gasteiger partial charge is 0.487 e. The molecule has 0 atom stereocenters. The molecule has 6 heterocycles. The lowest BCUT2D eigenvalue weighted by Gasteiger charge is -2.15. The van der Waals surface area contributed by atoms with E-state index in [9.17, 15) is 0 Å². The quantitative estimate of drug-likeness (QED) is 0.121. The molecule has 57 heavy (non-hydrogen) atoms. The SMILES string of the molecule is Cc1cc(-n2ccnc2)c2cccc(OCc3c(Cl)cnc(Cl)c3Cl)c2n1.Cc1cc(-n2ccnc2)c2cccc(OCc3c(Cl)cnc(NCCN)c3Cl)c2n1. The average molecular weight is 863 g/mol. The number of aromatic nitrogens is 8. The molecule has 17 heteroatoms. The molecule has 0 unspecified atom stereocenters. The molecule has 0 saturated heterocycles. The first kappa shape index (κ1) is 40.0. The van der Waals surface area contributed by atoms with Crippen molar-refractivity contribution >= 4 is 85.6 Å². The van der Waals surface area contributed by atoms with Gasteiger partial charge in [-0.25, -0.2) is 29.9 Å². The number of nitrogens with zero attached hydrogens (tertiary/aromatic N) is 8. The van der Waals surface area contributed by atoms with Gasteiger partial charge in [0, 0.05) is 83.6 Å². The number of benzene rings is 2. The first-order chi connectivity index (χ1) is 27.6. The van der Waals surface area contributed by atoms with Gasteiger partial charge in [-0.05, 0) is 38.1 Å². The van der Waals surface area contributed by atoms with Crippen molar-refractivity contribution in [2.24, 2.45) is 5.73 Å². The highest BCUT2D eigenvalue weighted by atomic mass is 35.5. The van der Waals surface area contributed by atoms with E-state index in [1.807, 2.05) is 83.9 Å². The number of halogens is 5. The van der Waals surface area contributed by atoms with Crippen molar-refractivity contribution in [3.8, 4) is 22.9 Å². The van der Waals surface area contributed by atoms with E-state index >= 15 is 0 Å². The molecule has 0 fully saturated rings. The lowest BCUT2D eigenvalue weighted by atomic mass is 10.1. The van der Waals surface area contributed by atoms with Crippen LogP contribution in [0.3, 0.4) is 0 Å². The second-order valence-corrected chi connectivity index (χ2v) is 14.5. The summed E-state index contributed by atoms with van der Waals surface area (Å²) in [4.78, 5) is 25.8. The second-order valence-electron chi connectivity index (χ2n) is 12.5. The Bertz CT molecular complexity index is 2680. The van der Waals surface area contributed by atoms with E-state index in [2.05, 4.69) is 30.2 Å². The molecule has 0 bridgehead atoms. The molecular formula is C40H33Cl5N10O2. The maximum Gasteiger partial charge on any atom is 0.148 e. The minimum Gasteiger partial charge on any atom is -0.487 e. The van der Waals surface area contributed by atoms with E-state index in [0.29, 0.717) is 56.6 Å². The Morgan fingerprint density at radius 1 is 0.684 bits per heavy atom. The fourth-order valence-electron chi connectivity index (χ4n) is 5.98. The second kappa shape index (κ2) is 17.9. The number of hydrogen-bond acceptors (Lipinski definition) is 10. The number of anilines is 1. The van der Waals surface area contributed by atoms with Crippen LogP contribution in [0.15, 0.2) is 98.4 Å². The Balaban J connectivity index is 0.000000175. The average Bonchev–Trinajstić information content (AvgIpc) is 3.95. The van der Waals surface area contributed by atoms with E-state index in [0.717, 1.165) is 44.6 Å². The highest BCUT2D eigenvalue weighted by Gasteiger charge is 2.17. The zero-order chi connectivity index (χ0) is 40.1. The number of nitrogens with two attached hydrogens (primary N) is 1. The highest BCUT2D eigenvalue weighted by Crippen LogP contribution is 2.35. The normalized spacial score (nSPS) is 11.1. The molecular weight excluding hydrogens is 830 g/mol. The van der Waals surface area contributed by atoms with Gasteiger partial charge < -0.3 is 29.7 Å². The zero-order valence-corrected chi connectivity index (χ0v) is 34.2. The maximum atomic E-state index is 6.50. The summed E-state index contributed by atoms with van der Waals surface area (Å²) < 4.78 is 16.0. The fraction of sp³-hybridized carbons (Fsp3) is 0.150. The summed E-state index contributed by atoms with van der Waals surface area (Å²) in [7, 11) is 0. The molecule has 6 aromatic heterocycles. The van der Waals surface area contributed by atoms with Gasteiger partial charge in [-0.1, -0.05) is 82.3 Å². The van der Waals surface area contributed by atoms with Crippen molar-refractivity contribution in [2.45, 2.75) is 27.1 Å². The summed E-state index contributed by atoms with van der Waals surface area (Å²) in [5.74, 6) is 1.79. The first-order valence-electron chi connectivity index (χ1n) is 17.4. The van der Waals surface area contributed by atoms with Crippen LogP contribution in [-0.2, 0) is 13.2 Å². The molecule has 0 spiro atoms. The van der Waals surface area contributed by atoms with E-state index in [1.165, 1.54) is 6.20 Å². The minimum atomic E-state index is 0.148. The van der Waals surface area contributed by atoms with E-state index in [1.54, 1.807) is 31.2 Å². The molecule has 290 valence electrons. The van der Waals surface area contributed by atoms with Crippen molar-refractivity contribution in [3.63, 3.8) is 0 Å². The summed E-state index contributed by atoms with van der Waals surface area (Å²) in [5, 5.41) is 6.70. The Morgan fingerprint density at radius 2 is 1.19 bits per heavy atom. The Morgan fingerprint density at radius 3 is 1.68 bits per heavy atom. The third-order valence-corrected chi connectivity index (χ3v) is 10.5. The molecule has 0 aliphatic carbocycles. The van der Waals surface area contributed by atoms with Gasteiger partial charge >= 0.3 is 0 Å². The van der Waals surface area contributed by atoms with Crippen molar-refractivity contribution in [2.75, 3.05) is 18.4 Å². The molecule has 0 saturated carbocycles. The molecule has 0 aliphatic heterocycles. The van der Waals surface area contributed by atoms with Gasteiger partial charge in [-0.3, -0.25) is 0 Å². The van der Waals surface area contributed by atoms with Gasteiger partial charge in [-0.15, -0.1) is 0 Å². The lowest BCUT2D eigenvalue weighted by molar-refractivity contribution is 0.309. The zero-order valence-electron chi connectivity index (χ0n) is 30.4. The number of fused-ring (bicyclic) bond motifs is 2. The molecule has 0 aliphatic rings. The van der Waals surface area contributed by atoms with Crippen LogP contribution in [0.25, 0.3) is 33.2 Å². The smallest absolute Gasteiger partial charge is 0.148 e. The number of nitrogens with one attached hydrogen (secondary N) is 1. The fourth-order valence-corrected chi connectivity index (χ4v) is 7.11. The van der Waals surface area contributed by atoms with Crippen LogP contribution in [0.5, 0.6) is 11.5 Å². The Labute approximate surface area is 352 Å². The predicted octanol–water partition coefficient (Wildman–Crippen LogP) is 10.0. The molecule has 0 radical (unpaired) electrons. The number of imidazole rings is 2. The van der Waals surface area contributed by atoms with Gasteiger partial charge in [0.25, 0.3) is 0 Å². The van der Waals surface area contributed by atoms with Gasteiger partial charge in [0.1, 0.15) is 46.7 Å². The number of rotatable bonds is 11. The van der Waals surface area contributed by atoms with Gasteiger partial charge in [0.2, 0.25) is 0 Å². The summed E-state index contributed by atoms with van der Waals surface area (Å²) >= 11 is 31.2. The van der Waals surface area contributed by atoms with Crippen molar-refractivity contribution < 1.29 is 9.47 Å². The van der Waals surface area contributed by atoms with Crippen LogP contribution >= 0.6 is 58.0 Å². The number of aryl methyl sites for hydroxylation is 2. The minimum absolute atomic E-state index is 0.148. The van der Waals surface area contributed by atoms with E-state index in [-0.39, 0.29) is 23.4 Å². The molecule has 8 aromatic rings. The summed E-state index contributed by atoms with van der Waals surface area (Å²) in [6.07, 6.45) is 13.8. The number of hydrogen-bond donors (Lipinski definition) is 2. The first-order valence-corrected chi connectivity index (χ1v) is 19.3. The van der Waals surface area contributed by atoms with Crippen LogP contribution in [0.2, 0.25) is 25.2 Å². The number of para-hydroxylation sites is 2. The Kier molecular flexibility index (Phi) is 12.6. The van der Waals surface area contributed by atoms with Crippen molar-refractivity contribution in [1.29, 1.82) is 0 Å². The van der Waals surface area contributed by atoms with Gasteiger partial charge in [-0.2, -0.15) is 0 Å². The van der Waals surface area contributed by atoms with Crippen LogP contribution in [0.1, 0.15) is 22.5 Å². The van der Waals surface area contributed by atoms with Crippen LogP contribution in [0.4, 0.5) is 5.82 Å². The monoisotopic (exact) mass is 860 g/mol. The maximum absolute atomic E-state index is 6.50. The predicted molar refractivity (Wildman–Crippen MR) is 227 cm³/mol. The Hall–Kier alpha value is -5.21. The number of ether oxygens (including phenoxy) is 2. The third-order valence-electron chi connectivity index (χ3n) is 8.66.